The molecule has 0 spiro atoms. The molecule has 0 rings (SSSR count). The summed E-state index contributed by atoms with van der Waals surface area (Å²) in [5, 5.41) is 0. The Balaban J connectivity index is 3.86. The summed E-state index contributed by atoms with van der Waals surface area (Å²) in [5.74, 6) is 0.0569. The van der Waals surface area contributed by atoms with E-state index in [4.69, 9.17) is 4.74 Å². The van der Waals surface area contributed by atoms with E-state index in [9.17, 15) is 4.79 Å². The number of allylic oxidation sites excluding steroid dienone is 2. The number of hydrogen-bond donors (Lipinski definition) is 0. The van der Waals surface area contributed by atoms with Crippen LogP contribution in [0.5, 0.6) is 0 Å². The molecule has 0 amide bonds. The van der Waals surface area contributed by atoms with Crippen LogP contribution in [0.3, 0.4) is 0 Å². The first-order chi connectivity index (χ1) is 5.72. The van der Waals surface area contributed by atoms with Crippen LogP contribution in [0.4, 0.5) is 0 Å². The number of carbonyl (C=O) groups excluding carboxylic acids is 1. The summed E-state index contributed by atoms with van der Waals surface area (Å²) in [6.45, 7) is 8.90. The highest BCUT2D eigenvalue weighted by Gasteiger charge is 2.00. The lowest BCUT2D eigenvalue weighted by Gasteiger charge is -1.95. The fourth-order valence-electron chi connectivity index (χ4n) is 0.658. The molecule has 0 unspecified atom stereocenters. The highest BCUT2D eigenvalue weighted by molar-refractivity contribution is 5.97. The van der Waals surface area contributed by atoms with Crippen LogP contribution in [0.1, 0.15) is 19.8 Å². The van der Waals surface area contributed by atoms with E-state index >= 15 is 0 Å². The van der Waals surface area contributed by atoms with Crippen molar-refractivity contribution in [1.82, 2.24) is 0 Å². The second-order valence-electron chi connectivity index (χ2n) is 2.30. The highest BCUT2D eigenvalue weighted by atomic mass is 16.5. The second kappa shape index (κ2) is 6.40. The molecule has 0 fully saturated rings. The minimum absolute atomic E-state index is 0.0569. The molecule has 0 radical (unpaired) electrons. The Morgan fingerprint density at radius 1 is 1.58 bits per heavy atom. The van der Waals surface area contributed by atoms with Crippen molar-refractivity contribution in [2.24, 2.45) is 0 Å². The molecular weight excluding hydrogens is 152 g/mol. The number of ketones is 1. The molecule has 0 atom stereocenters. The standard InChI is InChI=1S/C10H14O2/c1-4-6-10(11)9(3)7-8-12-5-2/h5,7-8H,2-4,6H2,1H3. The van der Waals surface area contributed by atoms with Gasteiger partial charge >= 0.3 is 0 Å². The molecule has 12 heavy (non-hydrogen) atoms. The smallest absolute Gasteiger partial charge is 0.162 e. The van der Waals surface area contributed by atoms with Gasteiger partial charge in [-0.3, -0.25) is 4.79 Å². The number of hydrogen-bond acceptors (Lipinski definition) is 2. The Labute approximate surface area is 73.2 Å². The SMILES string of the molecule is C=COC=CC(=C)C(=O)CCC. The van der Waals surface area contributed by atoms with Crippen LogP contribution < -0.4 is 0 Å². The Morgan fingerprint density at radius 2 is 2.25 bits per heavy atom. The van der Waals surface area contributed by atoms with Crippen molar-refractivity contribution in [1.29, 1.82) is 0 Å². The first-order valence-corrected chi connectivity index (χ1v) is 3.87. The maximum absolute atomic E-state index is 11.1. The topological polar surface area (TPSA) is 26.3 Å². The summed E-state index contributed by atoms with van der Waals surface area (Å²) < 4.78 is 4.70. The summed E-state index contributed by atoms with van der Waals surface area (Å²) in [4.78, 5) is 11.1. The van der Waals surface area contributed by atoms with E-state index in [1.165, 1.54) is 12.5 Å². The van der Waals surface area contributed by atoms with Gasteiger partial charge in [0.1, 0.15) is 0 Å². The summed E-state index contributed by atoms with van der Waals surface area (Å²) in [6.07, 6.45) is 5.60. The van der Waals surface area contributed by atoms with Crippen LogP contribution in [-0.2, 0) is 9.53 Å². The van der Waals surface area contributed by atoms with Crippen molar-refractivity contribution in [2.75, 3.05) is 0 Å². The Bertz CT molecular complexity index is 202. The number of Topliss-reactive ketones (excluding diaryl/α,β-unsaturated/α-hetero) is 1. The predicted octanol–water partition coefficient (Wildman–Crippen LogP) is 2.59. The maximum Gasteiger partial charge on any atom is 0.162 e. The van der Waals surface area contributed by atoms with Crippen molar-refractivity contribution in [3.05, 3.63) is 37.3 Å². The van der Waals surface area contributed by atoms with Crippen molar-refractivity contribution in [3.63, 3.8) is 0 Å². The van der Waals surface area contributed by atoms with E-state index in [2.05, 4.69) is 13.2 Å². The van der Waals surface area contributed by atoms with Gasteiger partial charge in [-0.25, -0.2) is 0 Å². The van der Waals surface area contributed by atoms with Gasteiger partial charge in [0.2, 0.25) is 0 Å². The van der Waals surface area contributed by atoms with Crippen molar-refractivity contribution >= 4 is 5.78 Å². The third kappa shape index (κ3) is 4.50. The van der Waals surface area contributed by atoms with Gasteiger partial charge < -0.3 is 4.74 Å². The molecule has 0 aliphatic carbocycles. The average molecular weight is 166 g/mol. The van der Waals surface area contributed by atoms with Crippen LogP contribution in [0.25, 0.3) is 0 Å². The van der Waals surface area contributed by atoms with E-state index in [-0.39, 0.29) is 5.78 Å². The molecule has 0 aromatic carbocycles. The third-order valence-corrected chi connectivity index (χ3v) is 1.28. The van der Waals surface area contributed by atoms with E-state index in [0.717, 1.165) is 6.42 Å². The average Bonchev–Trinajstić information content (AvgIpc) is 2.05. The van der Waals surface area contributed by atoms with Gasteiger partial charge in [0.15, 0.2) is 5.78 Å². The predicted molar refractivity (Wildman–Crippen MR) is 49.5 cm³/mol. The zero-order valence-electron chi connectivity index (χ0n) is 7.38. The molecule has 0 N–H and O–H groups in total. The first kappa shape index (κ1) is 10.7. The molecule has 0 saturated heterocycles. The number of rotatable bonds is 6. The lowest BCUT2D eigenvalue weighted by molar-refractivity contribution is -0.115. The van der Waals surface area contributed by atoms with Crippen LogP contribution in [0.15, 0.2) is 37.3 Å². The molecule has 0 saturated carbocycles. The largest absolute Gasteiger partial charge is 0.473 e. The molecule has 0 aromatic heterocycles. The molecule has 0 bridgehead atoms. The van der Waals surface area contributed by atoms with E-state index in [0.29, 0.717) is 12.0 Å². The third-order valence-electron chi connectivity index (χ3n) is 1.28. The lowest BCUT2D eigenvalue weighted by atomic mass is 10.1. The van der Waals surface area contributed by atoms with Crippen LogP contribution in [0, 0.1) is 0 Å². The van der Waals surface area contributed by atoms with Crippen LogP contribution >= 0.6 is 0 Å². The van der Waals surface area contributed by atoms with Gasteiger partial charge in [-0.15, -0.1) is 0 Å². The Hall–Kier alpha value is -1.31. The minimum Gasteiger partial charge on any atom is -0.473 e. The monoisotopic (exact) mass is 166 g/mol. The van der Waals surface area contributed by atoms with E-state index < -0.39 is 0 Å². The Morgan fingerprint density at radius 3 is 2.75 bits per heavy atom. The molecule has 0 aliphatic rings. The molecule has 0 aliphatic heterocycles. The molecule has 0 heterocycles. The quantitative estimate of drug-likeness (QED) is 0.344. The van der Waals surface area contributed by atoms with Gasteiger partial charge in [0, 0.05) is 12.0 Å². The fourth-order valence-corrected chi connectivity index (χ4v) is 0.658. The van der Waals surface area contributed by atoms with Crippen molar-refractivity contribution in [3.8, 4) is 0 Å². The van der Waals surface area contributed by atoms with Gasteiger partial charge in [-0.2, -0.15) is 0 Å². The van der Waals surface area contributed by atoms with Gasteiger partial charge in [-0.1, -0.05) is 20.1 Å². The highest BCUT2D eigenvalue weighted by Crippen LogP contribution is 2.01. The van der Waals surface area contributed by atoms with E-state index in [1.807, 2.05) is 6.92 Å². The second-order valence-corrected chi connectivity index (χ2v) is 2.30. The van der Waals surface area contributed by atoms with Crippen molar-refractivity contribution < 1.29 is 9.53 Å². The summed E-state index contributed by atoms with van der Waals surface area (Å²) in [6, 6.07) is 0. The lowest BCUT2D eigenvalue weighted by Crippen LogP contribution is -1.97. The summed E-state index contributed by atoms with van der Waals surface area (Å²) in [7, 11) is 0. The van der Waals surface area contributed by atoms with Crippen LogP contribution in [-0.4, -0.2) is 5.78 Å². The summed E-state index contributed by atoms with van der Waals surface area (Å²) >= 11 is 0. The zero-order valence-corrected chi connectivity index (χ0v) is 7.38. The van der Waals surface area contributed by atoms with E-state index in [1.54, 1.807) is 6.08 Å². The molecule has 2 nitrogen and oxygen atoms in total. The molecule has 66 valence electrons. The molecular formula is C10H14O2. The molecule has 2 heteroatoms. The summed E-state index contributed by atoms with van der Waals surface area (Å²) in [5.41, 5.74) is 0.471. The Kier molecular flexibility index (Phi) is 5.70. The van der Waals surface area contributed by atoms with Crippen molar-refractivity contribution in [2.45, 2.75) is 19.8 Å². The van der Waals surface area contributed by atoms with Gasteiger partial charge in [-0.05, 0) is 12.5 Å². The van der Waals surface area contributed by atoms with Gasteiger partial charge in [0.05, 0.1) is 12.5 Å². The zero-order chi connectivity index (χ0) is 9.40. The fraction of sp³-hybridized carbons (Fsp3) is 0.300. The maximum atomic E-state index is 11.1. The van der Waals surface area contributed by atoms with Gasteiger partial charge in [0.25, 0.3) is 0 Å². The number of carbonyl (C=O) groups is 1. The van der Waals surface area contributed by atoms with Crippen LogP contribution in [0.2, 0.25) is 0 Å². The first-order valence-electron chi connectivity index (χ1n) is 3.87. The minimum atomic E-state index is 0.0569. The normalized spacial score (nSPS) is 9.75. The number of ether oxygens (including phenoxy) is 1. The molecule has 0 aromatic rings.